The maximum absolute atomic E-state index is 10.5. The summed E-state index contributed by atoms with van der Waals surface area (Å²) in [5.41, 5.74) is 3.94. The maximum atomic E-state index is 10.5. The summed E-state index contributed by atoms with van der Waals surface area (Å²) in [6.07, 6.45) is 0.486. The molecule has 10 heteroatoms. The molecule has 2 saturated heterocycles. The van der Waals surface area contributed by atoms with Crippen LogP contribution >= 0.6 is 11.6 Å². The van der Waals surface area contributed by atoms with E-state index in [0.717, 1.165) is 32.4 Å². The lowest BCUT2D eigenvalue weighted by atomic mass is 9.81. The predicted molar refractivity (Wildman–Crippen MR) is 117 cm³/mol. The first-order valence-corrected chi connectivity index (χ1v) is 11.2. The van der Waals surface area contributed by atoms with Crippen LogP contribution in [0.2, 0.25) is 5.28 Å². The molecule has 2 aliphatic heterocycles. The van der Waals surface area contributed by atoms with E-state index in [4.69, 9.17) is 16.3 Å². The Morgan fingerprint density at radius 1 is 1.16 bits per heavy atom. The van der Waals surface area contributed by atoms with E-state index in [1.165, 1.54) is 17.5 Å². The van der Waals surface area contributed by atoms with Gasteiger partial charge >= 0.3 is 0 Å². The molecule has 1 unspecified atom stereocenters. The smallest absolute Gasteiger partial charge is 0.226 e. The van der Waals surface area contributed by atoms with E-state index in [-0.39, 0.29) is 10.7 Å². The fourth-order valence-electron chi connectivity index (χ4n) is 5.63. The number of rotatable bonds is 3. The highest BCUT2D eigenvalue weighted by molar-refractivity contribution is 6.28. The van der Waals surface area contributed by atoms with Crippen LogP contribution in [0.1, 0.15) is 30.2 Å². The molecule has 5 atom stereocenters. The average molecular weight is 458 g/mol. The molecule has 3 N–H and O–H groups in total. The minimum atomic E-state index is -1.23. The Morgan fingerprint density at radius 2 is 2.00 bits per heavy atom. The fraction of sp³-hybridized carbons (Fsp3) is 0.500. The van der Waals surface area contributed by atoms with E-state index in [2.05, 4.69) is 44.1 Å². The first-order chi connectivity index (χ1) is 15.5. The molecule has 6 rings (SSSR count). The molecule has 32 heavy (non-hydrogen) atoms. The van der Waals surface area contributed by atoms with Crippen molar-refractivity contribution in [3.8, 4) is 0 Å². The molecule has 1 aliphatic carbocycles. The number of fused-ring (bicyclic) bond motifs is 3. The lowest BCUT2D eigenvalue weighted by molar-refractivity contribution is -0.0511. The van der Waals surface area contributed by atoms with Crippen LogP contribution in [0.5, 0.6) is 0 Å². The van der Waals surface area contributed by atoms with Crippen molar-refractivity contribution in [2.24, 2.45) is 0 Å². The van der Waals surface area contributed by atoms with Gasteiger partial charge in [0.05, 0.1) is 12.9 Å². The number of aliphatic hydroxyl groups is 3. The highest BCUT2D eigenvalue weighted by atomic mass is 35.5. The van der Waals surface area contributed by atoms with Crippen molar-refractivity contribution in [1.82, 2.24) is 19.5 Å². The summed E-state index contributed by atoms with van der Waals surface area (Å²) in [6, 6.07) is 8.67. The third-order valence-electron chi connectivity index (χ3n) is 7.28. The number of anilines is 1. The van der Waals surface area contributed by atoms with Gasteiger partial charge in [0.2, 0.25) is 5.28 Å². The molecule has 3 aliphatic rings. The molecule has 2 aromatic heterocycles. The van der Waals surface area contributed by atoms with Crippen molar-refractivity contribution >= 4 is 28.6 Å². The number of hydrogen-bond donors (Lipinski definition) is 3. The molecule has 0 radical (unpaired) electrons. The number of imidazole rings is 1. The number of hydrogen-bond acceptors (Lipinski definition) is 8. The van der Waals surface area contributed by atoms with Crippen LogP contribution in [-0.4, -0.2) is 72.8 Å². The monoisotopic (exact) mass is 457 g/mol. The van der Waals surface area contributed by atoms with Crippen molar-refractivity contribution in [1.29, 1.82) is 0 Å². The largest absolute Gasteiger partial charge is 0.394 e. The van der Waals surface area contributed by atoms with Crippen LogP contribution in [0.15, 0.2) is 30.6 Å². The Labute approximate surface area is 189 Å². The van der Waals surface area contributed by atoms with Gasteiger partial charge in [0, 0.05) is 18.5 Å². The van der Waals surface area contributed by atoms with Crippen LogP contribution < -0.4 is 4.90 Å². The topological polar surface area (TPSA) is 117 Å². The van der Waals surface area contributed by atoms with Crippen molar-refractivity contribution < 1.29 is 20.1 Å². The Kier molecular flexibility index (Phi) is 4.67. The minimum absolute atomic E-state index is 0.0776. The van der Waals surface area contributed by atoms with Crippen LogP contribution in [-0.2, 0) is 16.6 Å². The van der Waals surface area contributed by atoms with Gasteiger partial charge in [-0.1, -0.05) is 24.3 Å². The van der Waals surface area contributed by atoms with Gasteiger partial charge in [-0.25, -0.2) is 4.98 Å². The molecular weight excluding hydrogens is 434 g/mol. The highest BCUT2D eigenvalue weighted by Gasteiger charge is 2.46. The number of halogens is 1. The summed E-state index contributed by atoms with van der Waals surface area (Å²) in [4.78, 5) is 15.6. The molecule has 9 nitrogen and oxygen atoms in total. The molecule has 1 spiro atoms. The van der Waals surface area contributed by atoms with Crippen LogP contribution in [0, 0.1) is 0 Å². The van der Waals surface area contributed by atoms with Gasteiger partial charge in [0.15, 0.2) is 23.2 Å². The second kappa shape index (κ2) is 7.36. The highest BCUT2D eigenvalue weighted by Crippen LogP contribution is 2.47. The fourth-order valence-corrected chi connectivity index (χ4v) is 5.79. The van der Waals surface area contributed by atoms with E-state index in [1.807, 2.05) is 0 Å². The number of ether oxygens (including phenoxy) is 1. The molecular formula is C22H24ClN5O4. The number of aliphatic hydroxyl groups excluding tert-OH is 3. The first kappa shape index (κ1) is 20.3. The third-order valence-corrected chi connectivity index (χ3v) is 7.45. The van der Waals surface area contributed by atoms with E-state index < -0.39 is 31.1 Å². The zero-order valence-electron chi connectivity index (χ0n) is 17.3. The number of aryl methyl sites for hydroxylation is 1. The van der Waals surface area contributed by atoms with E-state index in [9.17, 15) is 15.3 Å². The summed E-state index contributed by atoms with van der Waals surface area (Å²) in [5, 5.41) is 30.1. The number of benzene rings is 1. The summed E-state index contributed by atoms with van der Waals surface area (Å²) >= 11 is 6.31. The quantitative estimate of drug-likeness (QED) is 0.502. The maximum Gasteiger partial charge on any atom is 0.226 e. The van der Waals surface area contributed by atoms with Gasteiger partial charge in [-0.15, -0.1) is 0 Å². The van der Waals surface area contributed by atoms with Gasteiger partial charge in [0.1, 0.15) is 18.3 Å². The number of aromatic nitrogens is 4. The number of nitrogens with zero attached hydrogens (tertiary/aromatic N) is 5. The summed E-state index contributed by atoms with van der Waals surface area (Å²) in [5.74, 6) is 0.659. The summed E-state index contributed by atoms with van der Waals surface area (Å²) < 4.78 is 7.21. The van der Waals surface area contributed by atoms with Gasteiger partial charge < -0.3 is 25.0 Å². The van der Waals surface area contributed by atoms with Gasteiger partial charge in [-0.05, 0) is 42.0 Å². The molecule has 0 saturated carbocycles. The second-order valence-electron chi connectivity index (χ2n) is 8.98. The zero-order valence-corrected chi connectivity index (χ0v) is 18.1. The Bertz CT molecular complexity index is 1190. The van der Waals surface area contributed by atoms with Crippen molar-refractivity contribution in [2.75, 3.05) is 24.6 Å². The second-order valence-corrected chi connectivity index (χ2v) is 9.32. The van der Waals surface area contributed by atoms with Crippen LogP contribution in [0.3, 0.4) is 0 Å². The molecule has 168 valence electrons. The molecule has 2 fully saturated rings. The van der Waals surface area contributed by atoms with Crippen LogP contribution in [0.25, 0.3) is 11.2 Å². The summed E-state index contributed by atoms with van der Waals surface area (Å²) in [6.45, 7) is 1.25. The lowest BCUT2D eigenvalue weighted by Crippen LogP contribution is -2.33. The Balaban J connectivity index is 1.37. The normalized spacial score (nSPS) is 31.8. The summed E-state index contributed by atoms with van der Waals surface area (Å²) in [7, 11) is 0. The molecule has 0 bridgehead atoms. The average Bonchev–Trinajstić information content (AvgIpc) is 3.56. The van der Waals surface area contributed by atoms with Gasteiger partial charge in [0.25, 0.3) is 0 Å². The van der Waals surface area contributed by atoms with Gasteiger partial charge in [-0.2, -0.15) is 9.97 Å². The molecule has 0 amide bonds. The minimum Gasteiger partial charge on any atom is -0.394 e. The molecule has 3 aromatic rings. The van der Waals surface area contributed by atoms with E-state index in [0.29, 0.717) is 17.0 Å². The Morgan fingerprint density at radius 3 is 2.81 bits per heavy atom. The van der Waals surface area contributed by atoms with Gasteiger partial charge in [-0.3, -0.25) is 4.57 Å². The predicted octanol–water partition coefficient (Wildman–Crippen LogP) is 1.19. The van der Waals surface area contributed by atoms with Crippen molar-refractivity contribution in [2.45, 2.75) is 49.2 Å². The SMILES string of the molecule is OC[C@H]1O[C@@H](n2cnc3c(N4CCC5(CCc6ccccc65)C4)nc(Cl)nc32)[C@H](O)[C@@H]1O. The zero-order chi connectivity index (χ0) is 22.0. The lowest BCUT2D eigenvalue weighted by Gasteiger charge is -2.26. The van der Waals surface area contributed by atoms with E-state index in [1.54, 1.807) is 4.57 Å². The molecule has 1 aromatic carbocycles. The standard InChI is InChI=1S/C22H24ClN5O4/c23-21-25-18(27-8-7-22(10-27)6-5-12-3-1-2-4-13(12)22)15-19(26-21)28(11-24-15)20-17(31)16(30)14(9-29)32-20/h1-4,11,14,16-17,20,29-31H,5-10H2/t14-,16-,17-,20-,22?/m1/s1. The van der Waals surface area contributed by atoms with Crippen molar-refractivity contribution in [3.05, 3.63) is 47.0 Å². The van der Waals surface area contributed by atoms with E-state index >= 15 is 0 Å². The Hall–Kier alpha value is -2.30. The first-order valence-electron chi connectivity index (χ1n) is 10.9. The molecule has 4 heterocycles. The van der Waals surface area contributed by atoms with Crippen molar-refractivity contribution in [3.63, 3.8) is 0 Å². The third kappa shape index (κ3) is 2.89. The van der Waals surface area contributed by atoms with Crippen LogP contribution in [0.4, 0.5) is 5.82 Å².